The van der Waals surface area contributed by atoms with E-state index in [1.807, 2.05) is 25.1 Å². The highest BCUT2D eigenvalue weighted by molar-refractivity contribution is 8.00. The summed E-state index contributed by atoms with van der Waals surface area (Å²) >= 11 is 1.50. The molecule has 5 nitrogen and oxygen atoms in total. The number of hydrogen-bond acceptors (Lipinski definition) is 4. The molecule has 0 spiro atoms. The Morgan fingerprint density at radius 2 is 2.10 bits per heavy atom. The molecule has 1 amide bonds. The van der Waals surface area contributed by atoms with Crippen molar-refractivity contribution in [2.45, 2.75) is 30.8 Å². The lowest BCUT2D eigenvalue weighted by atomic mass is 10.1. The molecule has 1 saturated heterocycles. The fourth-order valence-corrected chi connectivity index (χ4v) is 3.68. The largest absolute Gasteiger partial charge is 0.480 e. The normalized spacial score (nSPS) is 23.6. The second-order valence-electron chi connectivity index (χ2n) is 4.68. The lowest BCUT2D eigenvalue weighted by Crippen LogP contribution is -2.49. The summed E-state index contributed by atoms with van der Waals surface area (Å²) in [6.45, 7) is 1.94. The van der Waals surface area contributed by atoms with Gasteiger partial charge in [-0.3, -0.25) is 4.79 Å². The second-order valence-corrected chi connectivity index (χ2v) is 5.89. The molecule has 1 fully saturated rings. The van der Waals surface area contributed by atoms with Crippen LogP contribution in [0.4, 0.5) is 0 Å². The van der Waals surface area contributed by atoms with E-state index in [-0.39, 0.29) is 11.3 Å². The van der Waals surface area contributed by atoms with E-state index >= 15 is 0 Å². The zero-order valence-corrected chi connectivity index (χ0v) is 12.0. The van der Waals surface area contributed by atoms with Gasteiger partial charge in [0.25, 0.3) is 0 Å². The van der Waals surface area contributed by atoms with E-state index in [9.17, 15) is 14.7 Å². The van der Waals surface area contributed by atoms with Crippen molar-refractivity contribution in [3.05, 3.63) is 35.9 Å². The topological polar surface area (TPSA) is 83.6 Å². The molecule has 6 heteroatoms. The van der Waals surface area contributed by atoms with Crippen LogP contribution in [0.1, 0.15) is 24.9 Å². The molecule has 0 saturated carbocycles. The summed E-state index contributed by atoms with van der Waals surface area (Å²) < 4.78 is 0. The number of hydrogen-bond donors (Lipinski definition) is 2. The van der Waals surface area contributed by atoms with E-state index in [1.54, 1.807) is 12.1 Å². The van der Waals surface area contributed by atoms with Crippen molar-refractivity contribution >= 4 is 23.6 Å². The summed E-state index contributed by atoms with van der Waals surface area (Å²) in [5.74, 6) is -0.872. The molecule has 0 aromatic heterocycles. The van der Waals surface area contributed by atoms with E-state index in [4.69, 9.17) is 5.73 Å². The van der Waals surface area contributed by atoms with Gasteiger partial charge in [-0.05, 0) is 12.0 Å². The zero-order valence-electron chi connectivity index (χ0n) is 11.2. The number of benzene rings is 1. The minimum atomic E-state index is -0.970. The van der Waals surface area contributed by atoms with Crippen LogP contribution in [0.5, 0.6) is 0 Å². The lowest BCUT2D eigenvalue weighted by molar-refractivity contribution is -0.149. The van der Waals surface area contributed by atoms with Crippen molar-refractivity contribution in [2.75, 3.05) is 5.75 Å². The van der Waals surface area contributed by atoms with Crippen LogP contribution in [-0.4, -0.2) is 39.1 Å². The molecule has 1 aromatic rings. The highest BCUT2D eigenvalue weighted by Crippen LogP contribution is 2.33. The predicted octanol–water partition coefficient (Wildman–Crippen LogP) is 1.45. The third kappa shape index (κ3) is 2.81. The minimum absolute atomic E-state index is 0.113. The number of nitrogens with zero attached hydrogens (tertiary/aromatic N) is 1. The average molecular weight is 294 g/mol. The Bertz CT molecular complexity index is 494. The van der Waals surface area contributed by atoms with Gasteiger partial charge in [-0.1, -0.05) is 37.3 Å². The van der Waals surface area contributed by atoms with Crippen LogP contribution < -0.4 is 5.73 Å². The van der Waals surface area contributed by atoms with Gasteiger partial charge in [0, 0.05) is 5.75 Å². The maximum absolute atomic E-state index is 12.6. The van der Waals surface area contributed by atoms with Crippen molar-refractivity contribution in [3.63, 3.8) is 0 Å². The first-order chi connectivity index (χ1) is 9.56. The van der Waals surface area contributed by atoms with Crippen molar-refractivity contribution in [1.82, 2.24) is 4.90 Å². The van der Waals surface area contributed by atoms with Gasteiger partial charge in [0.15, 0.2) is 0 Å². The molecular weight excluding hydrogens is 276 g/mol. The Labute approximate surface area is 122 Å². The molecular formula is C14H18N2O3S. The van der Waals surface area contributed by atoms with Crippen LogP contribution in [0.3, 0.4) is 0 Å². The standard InChI is InChI=1S/C14H18N2O3S/c1-2-11-16(10(8-20-11)14(18)19)13(17)12(15)9-6-4-3-5-7-9/h3-7,10-12H,2,8,15H2,1H3,(H,18,19)/t10?,11?,12-/m1/s1. The maximum atomic E-state index is 12.6. The van der Waals surface area contributed by atoms with Crippen LogP contribution in [0.25, 0.3) is 0 Å². The Morgan fingerprint density at radius 3 is 2.65 bits per heavy atom. The molecule has 1 aliphatic heterocycles. The number of thioether (sulfide) groups is 1. The number of carbonyl (C=O) groups is 2. The number of nitrogens with two attached hydrogens (primary N) is 1. The molecule has 0 radical (unpaired) electrons. The molecule has 0 aliphatic carbocycles. The summed E-state index contributed by atoms with van der Waals surface area (Å²) in [6, 6.07) is 7.44. The van der Waals surface area contributed by atoms with Crippen LogP contribution in [0.15, 0.2) is 30.3 Å². The van der Waals surface area contributed by atoms with Crippen molar-refractivity contribution < 1.29 is 14.7 Å². The van der Waals surface area contributed by atoms with Gasteiger partial charge in [0.05, 0.1) is 5.37 Å². The minimum Gasteiger partial charge on any atom is -0.480 e. The fourth-order valence-electron chi connectivity index (χ4n) is 2.33. The summed E-state index contributed by atoms with van der Waals surface area (Å²) in [7, 11) is 0. The number of rotatable bonds is 4. The zero-order chi connectivity index (χ0) is 14.7. The number of carboxylic acid groups (broad SMARTS) is 1. The second kappa shape index (κ2) is 6.28. The molecule has 1 aromatic carbocycles. The third-order valence-corrected chi connectivity index (χ3v) is 4.86. The van der Waals surface area contributed by atoms with Crippen molar-refractivity contribution in [2.24, 2.45) is 5.73 Å². The molecule has 3 N–H and O–H groups in total. The molecule has 1 aliphatic rings. The average Bonchev–Trinajstić information content (AvgIpc) is 2.90. The highest BCUT2D eigenvalue weighted by atomic mass is 32.2. The van der Waals surface area contributed by atoms with E-state index in [0.717, 1.165) is 0 Å². The summed E-state index contributed by atoms with van der Waals surface area (Å²) in [6.07, 6.45) is 0.710. The highest BCUT2D eigenvalue weighted by Gasteiger charge is 2.42. The number of carbonyl (C=O) groups excluding carboxylic acids is 1. The Morgan fingerprint density at radius 1 is 1.45 bits per heavy atom. The first-order valence-corrected chi connectivity index (χ1v) is 7.58. The molecule has 2 unspecified atom stereocenters. The smallest absolute Gasteiger partial charge is 0.327 e. The lowest BCUT2D eigenvalue weighted by Gasteiger charge is -2.29. The van der Waals surface area contributed by atoms with Crippen molar-refractivity contribution in [1.29, 1.82) is 0 Å². The van der Waals surface area contributed by atoms with Gasteiger partial charge in [-0.15, -0.1) is 11.8 Å². The number of aliphatic carboxylic acids is 1. The van der Waals surface area contributed by atoms with Gasteiger partial charge in [0.1, 0.15) is 12.1 Å². The molecule has 2 rings (SSSR count). The fraction of sp³-hybridized carbons (Fsp3) is 0.429. The van der Waals surface area contributed by atoms with E-state index in [0.29, 0.717) is 17.7 Å². The summed E-state index contributed by atoms with van der Waals surface area (Å²) in [5.41, 5.74) is 6.71. The van der Waals surface area contributed by atoms with Gasteiger partial charge < -0.3 is 15.7 Å². The summed E-state index contributed by atoms with van der Waals surface area (Å²) in [5, 5.41) is 9.14. The van der Waals surface area contributed by atoms with Crippen LogP contribution in [0.2, 0.25) is 0 Å². The molecule has 3 atom stereocenters. The quantitative estimate of drug-likeness (QED) is 0.878. The molecule has 1 heterocycles. The Kier molecular flexibility index (Phi) is 4.67. The van der Waals surface area contributed by atoms with E-state index < -0.39 is 18.1 Å². The summed E-state index contributed by atoms with van der Waals surface area (Å²) in [4.78, 5) is 25.3. The number of carboxylic acids is 1. The van der Waals surface area contributed by atoms with E-state index in [1.165, 1.54) is 16.7 Å². The van der Waals surface area contributed by atoms with Crippen LogP contribution in [0, 0.1) is 0 Å². The molecule has 0 bridgehead atoms. The number of amides is 1. The van der Waals surface area contributed by atoms with Crippen LogP contribution in [-0.2, 0) is 9.59 Å². The first-order valence-electron chi connectivity index (χ1n) is 6.53. The van der Waals surface area contributed by atoms with Gasteiger partial charge in [-0.2, -0.15) is 0 Å². The SMILES string of the molecule is CCC1SCC(C(=O)O)N1C(=O)[C@H](N)c1ccccc1. The predicted molar refractivity (Wildman–Crippen MR) is 78.2 cm³/mol. The van der Waals surface area contributed by atoms with Gasteiger partial charge >= 0.3 is 5.97 Å². The third-order valence-electron chi connectivity index (χ3n) is 3.41. The van der Waals surface area contributed by atoms with E-state index in [2.05, 4.69) is 0 Å². The Hall–Kier alpha value is -1.53. The first kappa shape index (κ1) is 14.9. The maximum Gasteiger partial charge on any atom is 0.327 e. The van der Waals surface area contributed by atoms with Crippen molar-refractivity contribution in [3.8, 4) is 0 Å². The molecule has 108 valence electrons. The monoisotopic (exact) mass is 294 g/mol. The Balaban J connectivity index is 2.23. The van der Waals surface area contributed by atoms with Gasteiger partial charge in [0.2, 0.25) is 5.91 Å². The molecule has 20 heavy (non-hydrogen) atoms. The van der Waals surface area contributed by atoms with Crippen LogP contribution >= 0.6 is 11.8 Å². The van der Waals surface area contributed by atoms with Gasteiger partial charge in [-0.25, -0.2) is 4.79 Å².